The zero-order valence-electron chi connectivity index (χ0n) is 14.9. The van der Waals surface area contributed by atoms with Crippen molar-refractivity contribution in [3.8, 4) is 5.69 Å². The van der Waals surface area contributed by atoms with E-state index < -0.39 is 5.91 Å². The molecule has 28 heavy (non-hydrogen) atoms. The van der Waals surface area contributed by atoms with Gasteiger partial charge in [-0.2, -0.15) is 5.10 Å². The number of rotatable bonds is 3. The number of fused-ring (bicyclic) bond motifs is 1. The van der Waals surface area contributed by atoms with Crippen molar-refractivity contribution >= 4 is 38.6 Å². The van der Waals surface area contributed by atoms with Gasteiger partial charge >= 0.3 is 0 Å². The zero-order chi connectivity index (χ0) is 19.7. The molecule has 2 N–H and O–H groups in total. The molecule has 2 aromatic heterocycles. The van der Waals surface area contributed by atoms with Crippen LogP contribution < -0.4 is 10.9 Å². The van der Waals surface area contributed by atoms with E-state index in [4.69, 9.17) is 0 Å². The number of benzene rings is 2. The van der Waals surface area contributed by atoms with Crippen molar-refractivity contribution in [1.29, 1.82) is 0 Å². The molecule has 0 atom stereocenters. The van der Waals surface area contributed by atoms with Gasteiger partial charge in [0.15, 0.2) is 0 Å². The van der Waals surface area contributed by atoms with Gasteiger partial charge in [-0.1, -0.05) is 18.2 Å². The monoisotopic (exact) mass is 437 g/mol. The van der Waals surface area contributed by atoms with Crippen LogP contribution in [0, 0.1) is 0 Å². The van der Waals surface area contributed by atoms with E-state index in [1.165, 1.54) is 0 Å². The van der Waals surface area contributed by atoms with E-state index in [1.807, 2.05) is 42.1 Å². The number of carbonyl (C=O) groups is 2. The molecule has 0 spiro atoms. The smallest absolute Gasteiger partial charge is 0.271 e. The summed E-state index contributed by atoms with van der Waals surface area (Å²) in [5.74, 6) is -0.773. The Morgan fingerprint density at radius 1 is 0.964 bits per heavy atom. The van der Waals surface area contributed by atoms with Crippen LogP contribution in [0.5, 0.6) is 0 Å². The van der Waals surface area contributed by atoms with E-state index in [-0.39, 0.29) is 5.91 Å². The molecular weight excluding hydrogens is 422 g/mol. The van der Waals surface area contributed by atoms with Gasteiger partial charge in [-0.15, -0.1) is 0 Å². The summed E-state index contributed by atoms with van der Waals surface area (Å²) in [7, 11) is 1.87. The summed E-state index contributed by atoms with van der Waals surface area (Å²) >= 11 is 3.35. The Bertz CT molecular complexity index is 1180. The largest absolute Gasteiger partial charge is 0.350 e. The van der Waals surface area contributed by atoms with E-state index in [2.05, 4.69) is 31.9 Å². The summed E-state index contributed by atoms with van der Waals surface area (Å²) in [5, 5.41) is 5.02. The minimum Gasteiger partial charge on any atom is -0.350 e. The Labute approximate surface area is 169 Å². The summed E-state index contributed by atoms with van der Waals surface area (Å²) in [4.78, 5) is 24.8. The Hall–Kier alpha value is -3.39. The second-order valence-electron chi connectivity index (χ2n) is 6.23. The second-order valence-corrected chi connectivity index (χ2v) is 7.14. The van der Waals surface area contributed by atoms with Crippen LogP contribution in [0.4, 0.5) is 0 Å². The van der Waals surface area contributed by atoms with Crippen molar-refractivity contribution in [1.82, 2.24) is 25.2 Å². The lowest BCUT2D eigenvalue weighted by atomic mass is 10.1. The number of hydrazine groups is 1. The highest BCUT2D eigenvalue weighted by Gasteiger charge is 2.14. The van der Waals surface area contributed by atoms with Gasteiger partial charge in [-0.3, -0.25) is 20.4 Å². The van der Waals surface area contributed by atoms with Crippen LogP contribution in [0.15, 0.2) is 71.6 Å². The number of aryl methyl sites for hydroxylation is 1. The van der Waals surface area contributed by atoms with Gasteiger partial charge in [0.05, 0.1) is 21.9 Å². The number of nitrogens with zero attached hydrogens (tertiary/aromatic N) is 3. The first kappa shape index (κ1) is 18.0. The fourth-order valence-corrected chi connectivity index (χ4v) is 3.27. The molecule has 0 fully saturated rings. The van der Waals surface area contributed by atoms with Crippen molar-refractivity contribution in [2.45, 2.75) is 0 Å². The normalized spacial score (nSPS) is 10.8. The van der Waals surface area contributed by atoms with Gasteiger partial charge < -0.3 is 4.57 Å². The number of hydrogen-bond acceptors (Lipinski definition) is 3. The molecule has 7 nitrogen and oxygen atoms in total. The average molecular weight is 438 g/mol. The Balaban J connectivity index is 1.44. The number of para-hydroxylation sites is 1. The van der Waals surface area contributed by atoms with Crippen molar-refractivity contribution in [2.75, 3.05) is 0 Å². The van der Waals surface area contributed by atoms with Gasteiger partial charge in [-0.25, -0.2) is 4.68 Å². The third-order valence-corrected chi connectivity index (χ3v) is 4.79. The SMILES string of the molecule is Cn1cc(C(=O)NNC(=O)c2ccc(-n3cc(Br)cn3)cc2)c2ccccc21. The van der Waals surface area contributed by atoms with Crippen molar-refractivity contribution in [3.63, 3.8) is 0 Å². The first-order chi connectivity index (χ1) is 13.5. The van der Waals surface area contributed by atoms with E-state index in [0.717, 1.165) is 21.1 Å². The van der Waals surface area contributed by atoms with E-state index in [9.17, 15) is 9.59 Å². The lowest BCUT2D eigenvalue weighted by Crippen LogP contribution is -2.41. The lowest BCUT2D eigenvalue weighted by Gasteiger charge is -2.08. The molecule has 4 rings (SSSR count). The topological polar surface area (TPSA) is 81.0 Å². The number of halogens is 1. The van der Waals surface area contributed by atoms with E-state index in [1.54, 1.807) is 41.3 Å². The minimum atomic E-state index is -0.401. The Kier molecular flexibility index (Phi) is 4.70. The number of nitrogens with one attached hydrogen (secondary N) is 2. The number of amides is 2. The maximum atomic E-state index is 12.5. The van der Waals surface area contributed by atoms with Crippen molar-refractivity contribution in [2.24, 2.45) is 7.05 Å². The molecular formula is C20H16BrN5O2. The molecule has 0 aliphatic carbocycles. The molecule has 2 heterocycles. The summed E-state index contributed by atoms with van der Waals surface area (Å²) in [6.45, 7) is 0. The first-order valence-corrected chi connectivity index (χ1v) is 9.27. The van der Waals surface area contributed by atoms with Gasteiger partial charge in [0.2, 0.25) is 0 Å². The summed E-state index contributed by atoms with van der Waals surface area (Å²) in [5.41, 5.74) is 7.62. The average Bonchev–Trinajstić information content (AvgIpc) is 3.30. The van der Waals surface area contributed by atoms with Gasteiger partial charge in [0, 0.05) is 35.9 Å². The number of aromatic nitrogens is 3. The molecule has 0 saturated heterocycles. The molecule has 8 heteroatoms. The maximum Gasteiger partial charge on any atom is 0.271 e. The lowest BCUT2D eigenvalue weighted by molar-refractivity contribution is 0.0847. The number of hydrogen-bond donors (Lipinski definition) is 2. The van der Waals surface area contributed by atoms with Crippen LogP contribution in [0.25, 0.3) is 16.6 Å². The zero-order valence-corrected chi connectivity index (χ0v) is 16.5. The van der Waals surface area contributed by atoms with Crippen LogP contribution in [0.3, 0.4) is 0 Å². The summed E-state index contributed by atoms with van der Waals surface area (Å²) in [6, 6.07) is 14.5. The molecule has 0 bridgehead atoms. The highest BCUT2D eigenvalue weighted by molar-refractivity contribution is 9.10. The Morgan fingerprint density at radius 3 is 2.39 bits per heavy atom. The molecule has 4 aromatic rings. The van der Waals surface area contributed by atoms with Crippen LogP contribution >= 0.6 is 15.9 Å². The third kappa shape index (κ3) is 3.41. The summed E-state index contributed by atoms with van der Waals surface area (Å²) in [6.07, 6.45) is 5.24. The molecule has 0 unspecified atom stereocenters. The van der Waals surface area contributed by atoms with E-state index >= 15 is 0 Å². The molecule has 0 aliphatic rings. The van der Waals surface area contributed by atoms with Crippen molar-refractivity contribution < 1.29 is 9.59 Å². The quantitative estimate of drug-likeness (QED) is 0.482. The third-order valence-electron chi connectivity index (χ3n) is 4.38. The second kappa shape index (κ2) is 7.32. The summed E-state index contributed by atoms with van der Waals surface area (Å²) < 4.78 is 4.43. The molecule has 140 valence electrons. The van der Waals surface area contributed by atoms with Crippen LogP contribution in [-0.4, -0.2) is 26.2 Å². The van der Waals surface area contributed by atoms with Gasteiger partial charge in [0.1, 0.15) is 0 Å². The first-order valence-electron chi connectivity index (χ1n) is 8.48. The molecule has 0 aliphatic heterocycles. The van der Waals surface area contributed by atoms with Crippen molar-refractivity contribution in [3.05, 3.63) is 82.7 Å². The standard InChI is InChI=1S/C20H16BrN5O2/c1-25-12-17(16-4-2-3-5-18(16)25)20(28)24-23-19(27)13-6-8-15(9-7-13)26-11-14(21)10-22-26/h2-12H,1H3,(H,23,27)(H,24,28). The fraction of sp³-hybridized carbons (Fsp3) is 0.0500. The minimum absolute atomic E-state index is 0.372. The highest BCUT2D eigenvalue weighted by atomic mass is 79.9. The van der Waals surface area contributed by atoms with Gasteiger partial charge in [0.25, 0.3) is 11.8 Å². The fourth-order valence-electron chi connectivity index (χ4n) is 2.98. The maximum absolute atomic E-state index is 12.5. The van der Waals surface area contributed by atoms with Gasteiger partial charge in [-0.05, 0) is 46.3 Å². The van der Waals surface area contributed by atoms with Crippen LogP contribution in [0.1, 0.15) is 20.7 Å². The Morgan fingerprint density at radius 2 is 1.68 bits per heavy atom. The molecule has 2 aromatic carbocycles. The predicted molar refractivity (Wildman–Crippen MR) is 109 cm³/mol. The predicted octanol–water partition coefficient (Wildman–Crippen LogP) is 3.20. The number of carbonyl (C=O) groups excluding carboxylic acids is 2. The van der Waals surface area contributed by atoms with E-state index in [0.29, 0.717) is 11.1 Å². The molecule has 0 saturated carbocycles. The highest BCUT2D eigenvalue weighted by Crippen LogP contribution is 2.20. The van der Waals surface area contributed by atoms with Crippen LogP contribution in [0.2, 0.25) is 0 Å². The molecule has 2 amide bonds. The van der Waals surface area contributed by atoms with Crippen LogP contribution in [-0.2, 0) is 7.05 Å². The molecule has 0 radical (unpaired) electrons.